The predicted molar refractivity (Wildman–Crippen MR) is 129 cm³/mol. The van der Waals surface area contributed by atoms with Gasteiger partial charge in [0.15, 0.2) is 5.11 Å². The van der Waals surface area contributed by atoms with Gasteiger partial charge < -0.3 is 15.4 Å². The minimum atomic E-state index is -3.75. The highest BCUT2D eigenvalue weighted by molar-refractivity contribution is 7.92. The largest absolute Gasteiger partial charge is 0.497 e. The molecule has 0 aliphatic rings. The molecule has 0 aromatic heterocycles. The van der Waals surface area contributed by atoms with Gasteiger partial charge in [-0.2, -0.15) is 0 Å². The number of methoxy groups -OCH3 is 1. The molecular weight excluding hydrogens is 446 g/mol. The molecule has 0 saturated carbocycles. The van der Waals surface area contributed by atoms with Crippen LogP contribution in [0.15, 0.2) is 83.8 Å². The van der Waals surface area contributed by atoms with Crippen molar-refractivity contribution in [3.63, 3.8) is 0 Å². The van der Waals surface area contributed by atoms with Crippen molar-refractivity contribution in [1.82, 2.24) is 5.32 Å². The quantitative estimate of drug-likeness (QED) is 0.433. The second-order valence-electron chi connectivity index (χ2n) is 6.85. The van der Waals surface area contributed by atoms with Gasteiger partial charge in [-0.15, -0.1) is 0 Å². The summed E-state index contributed by atoms with van der Waals surface area (Å²) in [4.78, 5) is 12.2. The average Bonchev–Trinajstić information content (AvgIpc) is 2.79. The van der Waals surface area contributed by atoms with E-state index in [0.717, 1.165) is 5.56 Å². The van der Waals surface area contributed by atoms with Crippen LogP contribution in [0.2, 0.25) is 0 Å². The van der Waals surface area contributed by atoms with Gasteiger partial charge in [0.2, 0.25) is 5.91 Å². The molecule has 32 heavy (non-hydrogen) atoms. The van der Waals surface area contributed by atoms with Crippen LogP contribution in [0.5, 0.6) is 5.75 Å². The zero-order valence-corrected chi connectivity index (χ0v) is 19.0. The number of nitrogens with one attached hydrogen (secondary N) is 3. The Morgan fingerprint density at radius 1 is 0.906 bits per heavy atom. The Hall–Kier alpha value is -3.43. The number of sulfonamides is 1. The number of hydrogen-bond acceptors (Lipinski definition) is 5. The highest BCUT2D eigenvalue weighted by Gasteiger charge is 2.14. The number of carbonyl (C=O) groups excluding carboxylic acids is 1. The molecule has 0 spiro atoms. The van der Waals surface area contributed by atoms with Crippen LogP contribution in [-0.2, 0) is 21.2 Å². The topological polar surface area (TPSA) is 96.5 Å². The van der Waals surface area contributed by atoms with Crippen molar-refractivity contribution in [3.05, 3.63) is 84.4 Å². The summed E-state index contributed by atoms with van der Waals surface area (Å²) in [7, 11) is -2.21. The van der Waals surface area contributed by atoms with Gasteiger partial charge in [0.1, 0.15) is 5.75 Å². The number of hydrogen-bond donors (Lipinski definition) is 3. The highest BCUT2D eigenvalue weighted by Crippen LogP contribution is 2.20. The Balaban J connectivity index is 1.52. The number of carbonyl (C=O) groups is 1. The molecule has 3 N–H and O–H groups in total. The van der Waals surface area contributed by atoms with Crippen molar-refractivity contribution in [2.24, 2.45) is 0 Å². The summed E-state index contributed by atoms with van der Waals surface area (Å²) in [5.41, 5.74) is 2.05. The molecule has 0 atom stereocenters. The van der Waals surface area contributed by atoms with E-state index < -0.39 is 10.0 Å². The first-order chi connectivity index (χ1) is 15.4. The Labute approximate surface area is 192 Å². The second kappa shape index (κ2) is 10.7. The molecule has 0 radical (unpaired) electrons. The molecule has 1 amide bonds. The van der Waals surface area contributed by atoms with Gasteiger partial charge in [0.25, 0.3) is 10.0 Å². The first-order valence-electron chi connectivity index (χ1n) is 9.77. The smallest absolute Gasteiger partial charge is 0.261 e. The van der Waals surface area contributed by atoms with Gasteiger partial charge in [0, 0.05) is 17.8 Å². The number of anilines is 2. The Kier molecular flexibility index (Phi) is 7.80. The molecule has 0 aliphatic heterocycles. The molecule has 0 saturated heterocycles. The van der Waals surface area contributed by atoms with Crippen molar-refractivity contribution in [3.8, 4) is 5.75 Å². The normalized spacial score (nSPS) is 10.8. The molecule has 0 heterocycles. The highest BCUT2D eigenvalue weighted by atomic mass is 32.2. The van der Waals surface area contributed by atoms with E-state index in [0.29, 0.717) is 30.0 Å². The lowest BCUT2D eigenvalue weighted by molar-refractivity contribution is -0.119. The Morgan fingerprint density at radius 3 is 2.16 bits per heavy atom. The summed E-state index contributed by atoms with van der Waals surface area (Å²) in [5.74, 6) is 0.431. The van der Waals surface area contributed by atoms with E-state index in [9.17, 15) is 13.2 Å². The summed E-state index contributed by atoms with van der Waals surface area (Å²) >= 11 is 5.17. The van der Waals surface area contributed by atoms with Crippen LogP contribution in [0.4, 0.5) is 11.4 Å². The molecule has 3 aromatic carbocycles. The first-order valence-corrected chi connectivity index (χ1v) is 11.7. The first kappa shape index (κ1) is 23.2. The summed E-state index contributed by atoms with van der Waals surface area (Å²) in [5, 5.41) is 5.66. The van der Waals surface area contributed by atoms with Crippen LogP contribution in [0.25, 0.3) is 0 Å². The van der Waals surface area contributed by atoms with Crippen LogP contribution in [-0.4, -0.2) is 26.5 Å². The van der Waals surface area contributed by atoms with Gasteiger partial charge in [-0.1, -0.05) is 30.3 Å². The van der Waals surface area contributed by atoms with E-state index >= 15 is 0 Å². The van der Waals surface area contributed by atoms with E-state index in [2.05, 4.69) is 15.4 Å². The lowest BCUT2D eigenvalue weighted by atomic mass is 10.1. The monoisotopic (exact) mass is 469 g/mol. The van der Waals surface area contributed by atoms with E-state index in [-0.39, 0.29) is 15.9 Å². The number of ether oxygens (including phenoxy) is 1. The second-order valence-corrected chi connectivity index (χ2v) is 8.94. The fourth-order valence-corrected chi connectivity index (χ4v) is 4.13. The van der Waals surface area contributed by atoms with E-state index in [1.165, 1.54) is 19.2 Å². The van der Waals surface area contributed by atoms with Crippen molar-refractivity contribution in [2.45, 2.75) is 17.7 Å². The van der Waals surface area contributed by atoms with Crippen molar-refractivity contribution in [2.75, 3.05) is 17.1 Å². The number of thiocarbonyl (C=S) groups is 1. The van der Waals surface area contributed by atoms with Gasteiger partial charge in [0.05, 0.1) is 12.0 Å². The molecule has 166 valence electrons. The van der Waals surface area contributed by atoms with Crippen molar-refractivity contribution in [1.29, 1.82) is 0 Å². The minimum absolute atomic E-state index is 0.0942. The van der Waals surface area contributed by atoms with Gasteiger partial charge in [-0.25, -0.2) is 8.42 Å². The van der Waals surface area contributed by atoms with Crippen molar-refractivity contribution < 1.29 is 17.9 Å². The number of rotatable bonds is 8. The molecule has 0 unspecified atom stereocenters. The predicted octanol–water partition coefficient (Wildman–Crippen LogP) is 3.94. The SMILES string of the molecule is COc1ccc(NS(=O)(=O)c2ccc(NC(=S)NC(=O)CCc3ccccc3)cc2)cc1. The number of aryl methyl sites for hydroxylation is 1. The van der Waals surface area contributed by atoms with Crippen molar-refractivity contribution >= 4 is 44.6 Å². The molecule has 0 bridgehead atoms. The lowest BCUT2D eigenvalue weighted by Crippen LogP contribution is -2.34. The lowest BCUT2D eigenvalue weighted by Gasteiger charge is -2.11. The minimum Gasteiger partial charge on any atom is -0.497 e. The number of amides is 1. The zero-order valence-electron chi connectivity index (χ0n) is 17.4. The third-order valence-electron chi connectivity index (χ3n) is 4.50. The zero-order chi connectivity index (χ0) is 23.0. The fraction of sp³-hybridized carbons (Fsp3) is 0.130. The molecule has 7 nitrogen and oxygen atoms in total. The van der Waals surface area contributed by atoms with E-state index in [1.54, 1.807) is 36.4 Å². The third kappa shape index (κ3) is 6.79. The average molecular weight is 470 g/mol. The maximum atomic E-state index is 12.6. The maximum absolute atomic E-state index is 12.6. The summed E-state index contributed by atoms with van der Waals surface area (Å²) in [6.45, 7) is 0. The van der Waals surface area contributed by atoms with Gasteiger partial charge >= 0.3 is 0 Å². The van der Waals surface area contributed by atoms with Crippen LogP contribution < -0.4 is 20.1 Å². The summed E-state index contributed by atoms with van der Waals surface area (Å²) < 4.78 is 32.7. The van der Waals surface area contributed by atoms with Crippen LogP contribution in [0.1, 0.15) is 12.0 Å². The van der Waals surface area contributed by atoms with Gasteiger partial charge in [-0.05, 0) is 72.7 Å². The van der Waals surface area contributed by atoms with Gasteiger partial charge in [-0.3, -0.25) is 9.52 Å². The van der Waals surface area contributed by atoms with Crippen LogP contribution >= 0.6 is 12.2 Å². The fourth-order valence-electron chi connectivity index (χ4n) is 2.84. The molecule has 3 rings (SSSR count). The molecule has 3 aromatic rings. The van der Waals surface area contributed by atoms with E-state index in [1.807, 2.05) is 30.3 Å². The van der Waals surface area contributed by atoms with Crippen LogP contribution in [0, 0.1) is 0 Å². The molecule has 0 fully saturated rings. The molecule has 0 aliphatic carbocycles. The number of benzene rings is 3. The molecular formula is C23H23N3O4S2. The maximum Gasteiger partial charge on any atom is 0.261 e. The summed E-state index contributed by atoms with van der Waals surface area (Å²) in [6, 6.07) is 22.3. The Morgan fingerprint density at radius 2 is 1.53 bits per heavy atom. The summed E-state index contributed by atoms with van der Waals surface area (Å²) in [6.07, 6.45) is 0.920. The third-order valence-corrected chi connectivity index (χ3v) is 6.10. The standard InChI is InChI=1S/C23H23N3O4S2/c1-30-20-12-8-19(9-13-20)26-32(28,29)21-14-10-18(11-15-21)24-23(31)25-22(27)16-7-17-5-3-2-4-6-17/h2-6,8-15,26H,7,16H2,1H3,(H2,24,25,27,31). The van der Waals surface area contributed by atoms with Crippen LogP contribution in [0.3, 0.4) is 0 Å². The van der Waals surface area contributed by atoms with E-state index in [4.69, 9.17) is 17.0 Å². The molecule has 9 heteroatoms. The Bertz CT molecular complexity index is 1160.